The third kappa shape index (κ3) is 4.94. The number of rotatable bonds is 3. The summed E-state index contributed by atoms with van der Waals surface area (Å²) < 4.78 is 0. The minimum Gasteiger partial charge on any atom is -0.481 e. The van der Waals surface area contributed by atoms with Crippen LogP contribution in [0, 0.1) is 0 Å². The highest BCUT2D eigenvalue weighted by Gasteiger charge is 1.99. The predicted octanol–water partition coefficient (Wildman–Crippen LogP) is -0.339. The maximum Gasteiger partial charge on any atom is 0.303 e. The highest BCUT2D eigenvalue weighted by atomic mass is 16.4. The topological polar surface area (TPSA) is 78.2 Å². The van der Waals surface area contributed by atoms with Crippen molar-refractivity contribution in [1.29, 1.82) is 0 Å². The van der Waals surface area contributed by atoms with E-state index in [0.29, 0.717) is 0 Å². The average Bonchev–Trinajstić information content (AvgIpc) is 1.61. The maximum atomic E-state index is 9.75. The number of amides is 1. The van der Waals surface area contributed by atoms with E-state index >= 15 is 0 Å². The standard InChI is InChI=1S/C4H6NO3/c5-3(6)1-2-4(7)8/h5H,1-2H2,(H,7,8). The molecular formula is C4H6NO3. The Labute approximate surface area is 46.3 Å². The van der Waals surface area contributed by atoms with E-state index in [1.165, 1.54) is 0 Å². The monoisotopic (exact) mass is 116 g/mol. The summed E-state index contributed by atoms with van der Waals surface area (Å²) in [6.45, 7) is 0. The first kappa shape index (κ1) is 6.94. The number of nitrogens with one attached hydrogen (secondary N) is 1. The van der Waals surface area contributed by atoms with E-state index in [-0.39, 0.29) is 12.8 Å². The Balaban J connectivity index is 3.18. The predicted molar refractivity (Wildman–Crippen MR) is 25.0 cm³/mol. The van der Waals surface area contributed by atoms with E-state index in [9.17, 15) is 9.59 Å². The Morgan fingerprint density at radius 2 is 1.88 bits per heavy atom. The minimum absolute atomic E-state index is 0.185. The molecule has 0 saturated heterocycles. The van der Waals surface area contributed by atoms with Gasteiger partial charge in [-0.1, -0.05) is 0 Å². The second kappa shape index (κ2) is 3.01. The van der Waals surface area contributed by atoms with Gasteiger partial charge in [-0.05, 0) is 0 Å². The largest absolute Gasteiger partial charge is 0.481 e. The summed E-state index contributed by atoms with van der Waals surface area (Å²) in [5.41, 5.74) is 6.27. The smallest absolute Gasteiger partial charge is 0.303 e. The van der Waals surface area contributed by atoms with Crippen LogP contribution in [0.3, 0.4) is 0 Å². The molecule has 45 valence electrons. The van der Waals surface area contributed by atoms with Gasteiger partial charge < -0.3 is 5.11 Å². The van der Waals surface area contributed by atoms with Crippen molar-refractivity contribution in [2.45, 2.75) is 12.8 Å². The molecule has 0 heterocycles. The Morgan fingerprint density at radius 1 is 1.38 bits per heavy atom. The van der Waals surface area contributed by atoms with Gasteiger partial charge in [0, 0.05) is 6.42 Å². The fraction of sp³-hybridized carbons (Fsp3) is 0.500. The van der Waals surface area contributed by atoms with Crippen LogP contribution < -0.4 is 5.73 Å². The molecule has 0 aromatic rings. The third-order valence-electron chi connectivity index (χ3n) is 0.566. The van der Waals surface area contributed by atoms with E-state index in [1.54, 1.807) is 0 Å². The lowest BCUT2D eigenvalue weighted by Crippen LogP contribution is -2.02. The van der Waals surface area contributed by atoms with Crippen molar-refractivity contribution in [2.24, 2.45) is 0 Å². The number of carboxylic acid groups (broad SMARTS) is 1. The van der Waals surface area contributed by atoms with Gasteiger partial charge in [0.05, 0.1) is 6.42 Å². The van der Waals surface area contributed by atoms with E-state index in [1.807, 2.05) is 0 Å². The van der Waals surface area contributed by atoms with Crippen LogP contribution in [0.2, 0.25) is 0 Å². The van der Waals surface area contributed by atoms with Gasteiger partial charge in [-0.15, -0.1) is 0 Å². The normalized spacial score (nSPS) is 8.50. The maximum absolute atomic E-state index is 9.75. The molecule has 1 amide bonds. The molecule has 0 rings (SSSR count). The molecule has 0 aliphatic heterocycles. The van der Waals surface area contributed by atoms with Crippen molar-refractivity contribution in [1.82, 2.24) is 5.73 Å². The summed E-state index contributed by atoms with van der Waals surface area (Å²) in [5.74, 6) is -1.86. The van der Waals surface area contributed by atoms with Gasteiger partial charge in [-0.2, -0.15) is 0 Å². The second-order valence-electron chi connectivity index (χ2n) is 1.32. The molecule has 1 radical (unpaired) electrons. The van der Waals surface area contributed by atoms with Crippen LogP contribution in [0.15, 0.2) is 0 Å². The van der Waals surface area contributed by atoms with Crippen LogP contribution in [-0.2, 0) is 9.59 Å². The Bertz CT molecular complexity index is 95.9. The van der Waals surface area contributed by atoms with Gasteiger partial charge in [-0.25, -0.2) is 0 Å². The quantitative estimate of drug-likeness (QED) is 0.547. The van der Waals surface area contributed by atoms with Crippen molar-refractivity contribution in [2.75, 3.05) is 0 Å². The van der Waals surface area contributed by atoms with Crippen LogP contribution >= 0.6 is 0 Å². The van der Waals surface area contributed by atoms with Crippen LogP contribution in [0.4, 0.5) is 0 Å². The lowest BCUT2D eigenvalue weighted by molar-refractivity contribution is -0.138. The Kier molecular flexibility index (Phi) is 2.61. The first-order valence-corrected chi connectivity index (χ1v) is 2.09. The Morgan fingerprint density at radius 3 is 2.00 bits per heavy atom. The zero-order valence-corrected chi connectivity index (χ0v) is 4.18. The molecule has 0 spiro atoms. The van der Waals surface area contributed by atoms with Gasteiger partial charge in [0.1, 0.15) is 0 Å². The molecule has 0 unspecified atom stereocenters. The van der Waals surface area contributed by atoms with Crippen molar-refractivity contribution >= 4 is 11.9 Å². The van der Waals surface area contributed by atoms with Crippen molar-refractivity contribution in [3.8, 4) is 0 Å². The molecule has 0 aliphatic carbocycles. The number of hydrogen-bond donors (Lipinski definition) is 1. The van der Waals surface area contributed by atoms with Crippen molar-refractivity contribution < 1.29 is 14.7 Å². The fourth-order valence-electron chi connectivity index (χ4n) is 0.220. The zero-order valence-electron chi connectivity index (χ0n) is 4.18. The first-order chi connectivity index (χ1) is 3.63. The van der Waals surface area contributed by atoms with Crippen LogP contribution in [0.25, 0.3) is 0 Å². The number of carbonyl (C=O) groups is 2. The molecule has 8 heavy (non-hydrogen) atoms. The summed E-state index contributed by atoms with van der Waals surface area (Å²) in [6, 6.07) is 0. The SMILES string of the molecule is [NH]C(=O)CCC(=O)O. The summed E-state index contributed by atoms with van der Waals surface area (Å²) >= 11 is 0. The number of carbonyl (C=O) groups excluding carboxylic acids is 1. The molecule has 0 bridgehead atoms. The highest BCUT2D eigenvalue weighted by Crippen LogP contribution is 1.85. The van der Waals surface area contributed by atoms with Crippen LogP contribution in [0.5, 0.6) is 0 Å². The summed E-state index contributed by atoms with van der Waals surface area (Å²) in [4.78, 5) is 19.4. The zero-order chi connectivity index (χ0) is 6.57. The van der Waals surface area contributed by atoms with E-state index in [4.69, 9.17) is 10.8 Å². The fourth-order valence-corrected chi connectivity index (χ4v) is 0.220. The number of carboxylic acids is 1. The molecular weight excluding hydrogens is 110 g/mol. The van der Waals surface area contributed by atoms with Gasteiger partial charge >= 0.3 is 5.97 Å². The Hall–Kier alpha value is -1.06. The molecule has 0 aromatic heterocycles. The van der Waals surface area contributed by atoms with Gasteiger partial charge in [-0.3, -0.25) is 15.3 Å². The molecule has 0 saturated carbocycles. The molecule has 0 atom stereocenters. The average molecular weight is 116 g/mol. The van der Waals surface area contributed by atoms with Crippen LogP contribution in [-0.4, -0.2) is 17.0 Å². The first-order valence-electron chi connectivity index (χ1n) is 2.09. The van der Waals surface area contributed by atoms with E-state index in [2.05, 4.69) is 0 Å². The number of hydrogen-bond acceptors (Lipinski definition) is 2. The molecule has 4 heteroatoms. The third-order valence-corrected chi connectivity index (χ3v) is 0.566. The lowest BCUT2D eigenvalue weighted by atomic mass is 10.3. The molecule has 4 nitrogen and oxygen atoms in total. The van der Waals surface area contributed by atoms with Gasteiger partial charge in [0.15, 0.2) is 0 Å². The highest BCUT2D eigenvalue weighted by molar-refractivity contribution is 5.78. The van der Waals surface area contributed by atoms with Crippen LogP contribution in [0.1, 0.15) is 12.8 Å². The number of aliphatic carboxylic acids is 1. The van der Waals surface area contributed by atoms with E-state index < -0.39 is 11.9 Å². The molecule has 0 aliphatic rings. The van der Waals surface area contributed by atoms with Crippen molar-refractivity contribution in [3.05, 3.63) is 0 Å². The van der Waals surface area contributed by atoms with Crippen molar-refractivity contribution in [3.63, 3.8) is 0 Å². The summed E-state index contributed by atoms with van der Waals surface area (Å²) in [7, 11) is 0. The van der Waals surface area contributed by atoms with Gasteiger partial charge in [0.2, 0.25) is 5.91 Å². The molecule has 0 fully saturated rings. The minimum atomic E-state index is -1.04. The van der Waals surface area contributed by atoms with E-state index in [0.717, 1.165) is 0 Å². The van der Waals surface area contributed by atoms with Gasteiger partial charge in [0.25, 0.3) is 0 Å². The summed E-state index contributed by atoms with van der Waals surface area (Å²) in [6.07, 6.45) is -0.419. The molecule has 2 N–H and O–H groups in total. The molecule has 0 aromatic carbocycles. The lowest BCUT2D eigenvalue weighted by Gasteiger charge is -1.85. The summed E-state index contributed by atoms with van der Waals surface area (Å²) in [5, 5.41) is 7.93. The second-order valence-corrected chi connectivity index (χ2v) is 1.32.